The molecule has 3 aromatic carbocycles. The molecule has 0 saturated heterocycles. The molecule has 0 fully saturated rings. The predicted octanol–water partition coefficient (Wildman–Crippen LogP) is 3.80. The number of sulfonamides is 1. The van der Waals surface area contributed by atoms with Gasteiger partial charge in [0.25, 0.3) is 15.9 Å². The maximum atomic E-state index is 13.3. The molecule has 2 N–H and O–H groups in total. The normalized spacial score (nSPS) is 11.3. The van der Waals surface area contributed by atoms with Crippen molar-refractivity contribution in [1.82, 2.24) is 5.43 Å². The van der Waals surface area contributed by atoms with E-state index >= 15 is 0 Å². The van der Waals surface area contributed by atoms with Gasteiger partial charge in [0.05, 0.1) is 22.4 Å². The molecule has 0 heterocycles. The summed E-state index contributed by atoms with van der Waals surface area (Å²) in [6.45, 7) is 1.35. The Morgan fingerprint density at radius 1 is 1.06 bits per heavy atom. The fourth-order valence-electron chi connectivity index (χ4n) is 2.84. The van der Waals surface area contributed by atoms with E-state index in [9.17, 15) is 18.0 Å². The Morgan fingerprint density at radius 2 is 1.73 bits per heavy atom. The van der Waals surface area contributed by atoms with Gasteiger partial charge in [-0.15, -0.1) is 0 Å². The molecule has 8 nitrogen and oxygen atoms in total. The monoisotopic (exact) mass is 529 g/mol. The van der Waals surface area contributed by atoms with E-state index in [1.165, 1.54) is 42.6 Å². The lowest BCUT2D eigenvalue weighted by molar-refractivity contribution is -0.119. The van der Waals surface area contributed by atoms with E-state index in [4.69, 9.17) is 5.11 Å². The Balaban J connectivity index is 1.80. The number of halogens is 1. The van der Waals surface area contributed by atoms with Gasteiger partial charge in [-0.25, -0.2) is 18.6 Å². The summed E-state index contributed by atoms with van der Waals surface area (Å²) in [7, 11) is -4.03. The Bertz CT molecular complexity index is 1290. The fraction of sp³-hybridized carbons (Fsp3) is 0.0870. The van der Waals surface area contributed by atoms with Gasteiger partial charge in [-0.05, 0) is 55.0 Å². The Morgan fingerprint density at radius 3 is 2.33 bits per heavy atom. The third kappa shape index (κ3) is 6.27. The van der Waals surface area contributed by atoms with E-state index in [-0.39, 0.29) is 10.5 Å². The minimum Gasteiger partial charge on any atom is -0.478 e. The maximum absolute atomic E-state index is 13.3. The van der Waals surface area contributed by atoms with Crippen LogP contribution in [0.5, 0.6) is 0 Å². The quantitative estimate of drug-likeness (QED) is 0.340. The third-order valence-corrected chi connectivity index (χ3v) is 6.83. The molecular weight excluding hydrogens is 510 g/mol. The van der Waals surface area contributed by atoms with Gasteiger partial charge >= 0.3 is 5.97 Å². The predicted molar refractivity (Wildman–Crippen MR) is 129 cm³/mol. The number of carbonyl (C=O) groups is 2. The van der Waals surface area contributed by atoms with Gasteiger partial charge in [0.15, 0.2) is 0 Å². The number of rotatable bonds is 8. The molecular formula is C23H20BrN3O5S. The van der Waals surface area contributed by atoms with Crippen molar-refractivity contribution in [1.29, 1.82) is 0 Å². The molecule has 3 aromatic rings. The minimum atomic E-state index is -4.03. The number of hydrazone groups is 1. The van der Waals surface area contributed by atoms with Crippen molar-refractivity contribution in [2.45, 2.75) is 11.8 Å². The van der Waals surface area contributed by atoms with Gasteiger partial charge in [0.1, 0.15) is 6.54 Å². The number of benzene rings is 3. The molecule has 0 saturated carbocycles. The first-order chi connectivity index (χ1) is 15.7. The average Bonchev–Trinajstić information content (AvgIpc) is 2.78. The molecule has 3 rings (SSSR count). The van der Waals surface area contributed by atoms with Gasteiger partial charge in [-0.2, -0.15) is 5.10 Å². The largest absolute Gasteiger partial charge is 0.478 e. The third-order valence-electron chi connectivity index (χ3n) is 4.55. The van der Waals surface area contributed by atoms with Crippen molar-refractivity contribution in [2.75, 3.05) is 10.8 Å². The number of hydrogen-bond donors (Lipinski definition) is 2. The van der Waals surface area contributed by atoms with Crippen molar-refractivity contribution in [3.05, 3.63) is 94.0 Å². The highest BCUT2D eigenvalue weighted by atomic mass is 79.9. The molecule has 0 bridgehead atoms. The lowest BCUT2D eigenvalue weighted by Crippen LogP contribution is -2.39. The highest BCUT2D eigenvalue weighted by Crippen LogP contribution is 2.26. The van der Waals surface area contributed by atoms with Crippen molar-refractivity contribution >= 4 is 49.7 Å². The molecule has 0 aliphatic rings. The van der Waals surface area contributed by atoms with Crippen LogP contribution in [0.25, 0.3) is 0 Å². The minimum absolute atomic E-state index is 0.0582. The van der Waals surface area contributed by atoms with Crippen molar-refractivity contribution < 1.29 is 23.1 Å². The van der Waals surface area contributed by atoms with E-state index in [0.29, 0.717) is 15.7 Å². The van der Waals surface area contributed by atoms with E-state index in [0.717, 1.165) is 9.87 Å². The summed E-state index contributed by atoms with van der Waals surface area (Å²) in [5.41, 5.74) is 4.23. The van der Waals surface area contributed by atoms with Gasteiger partial charge in [-0.1, -0.05) is 51.8 Å². The van der Waals surface area contributed by atoms with Crippen LogP contribution in [0.3, 0.4) is 0 Å². The summed E-state index contributed by atoms with van der Waals surface area (Å²) >= 11 is 3.33. The first-order valence-corrected chi connectivity index (χ1v) is 11.9. The number of carboxylic acids is 1. The average molecular weight is 530 g/mol. The molecule has 10 heteroatoms. The smallest absolute Gasteiger partial charge is 0.335 e. The molecule has 33 heavy (non-hydrogen) atoms. The van der Waals surface area contributed by atoms with Crippen molar-refractivity contribution in [3.63, 3.8) is 0 Å². The number of amides is 1. The zero-order valence-electron chi connectivity index (χ0n) is 17.5. The summed E-state index contributed by atoms with van der Waals surface area (Å²) in [4.78, 5) is 23.5. The van der Waals surface area contributed by atoms with Gasteiger partial charge in [0, 0.05) is 4.47 Å². The zero-order valence-corrected chi connectivity index (χ0v) is 19.9. The summed E-state index contributed by atoms with van der Waals surface area (Å²) in [6.07, 6.45) is 1.33. The number of hydrogen-bond acceptors (Lipinski definition) is 5. The molecule has 0 aliphatic carbocycles. The number of aromatic carboxylic acids is 1. The number of nitrogens with one attached hydrogen (secondary N) is 1. The molecule has 0 atom stereocenters. The number of aryl methyl sites for hydroxylation is 1. The van der Waals surface area contributed by atoms with Crippen LogP contribution in [0.2, 0.25) is 0 Å². The maximum Gasteiger partial charge on any atom is 0.335 e. The van der Waals surface area contributed by atoms with Crippen LogP contribution < -0.4 is 9.73 Å². The summed E-state index contributed by atoms with van der Waals surface area (Å²) < 4.78 is 28.3. The number of nitrogens with zero attached hydrogens (tertiary/aromatic N) is 2. The van der Waals surface area contributed by atoms with Gasteiger partial charge in [0.2, 0.25) is 0 Å². The standard InChI is InChI=1S/C23H20BrN3O5S/c1-16-5-11-21(12-6-16)33(31,32)27(20-4-2-3-19(24)13-20)15-22(28)26-25-14-17-7-9-18(10-8-17)23(29)30/h2-14H,15H2,1H3,(H,26,28)(H,29,30)/b25-14-. The Labute approximate surface area is 199 Å². The molecule has 0 radical (unpaired) electrons. The molecule has 0 unspecified atom stereocenters. The number of anilines is 1. The lowest BCUT2D eigenvalue weighted by atomic mass is 10.1. The SMILES string of the molecule is Cc1ccc(S(=O)(=O)N(CC(=O)N/N=C\c2ccc(C(=O)O)cc2)c2cccc(Br)c2)cc1. The van der Waals surface area contributed by atoms with Crippen LogP contribution in [0.15, 0.2) is 87.3 Å². The van der Waals surface area contributed by atoms with Crippen LogP contribution in [0.4, 0.5) is 5.69 Å². The van der Waals surface area contributed by atoms with Crippen LogP contribution in [-0.2, 0) is 14.8 Å². The van der Waals surface area contributed by atoms with E-state index in [2.05, 4.69) is 26.5 Å². The second kappa shape index (κ2) is 10.4. The zero-order chi connectivity index (χ0) is 24.0. The molecule has 1 amide bonds. The second-order valence-corrected chi connectivity index (χ2v) is 9.80. The number of carboxylic acid groups (broad SMARTS) is 1. The summed E-state index contributed by atoms with van der Waals surface area (Å²) in [5.74, 6) is -1.70. The summed E-state index contributed by atoms with van der Waals surface area (Å²) in [5, 5.41) is 12.8. The van der Waals surface area contributed by atoms with Crippen LogP contribution in [-0.4, -0.2) is 38.2 Å². The highest BCUT2D eigenvalue weighted by Gasteiger charge is 2.27. The van der Waals surface area contributed by atoms with E-state index < -0.39 is 28.4 Å². The fourth-order valence-corrected chi connectivity index (χ4v) is 4.64. The first kappa shape index (κ1) is 24.1. The van der Waals surface area contributed by atoms with Crippen LogP contribution in [0, 0.1) is 6.92 Å². The number of carbonyl (C=O) groups excluding carboxylic acids is 1. The Hall–Kier alpha value is -3.50. The molecule has 0 aliphatic heterocycles. The lowest BCUT2D eigenvalue weighted by Gasteiger charge is -2.24. The van der Waals surface area contributed by atoms with Crippen molar-refractivity contribution in [3.8, 4) is 0 Å². The van der Waals surface area contributed by atoms with Crippen molar-refractivity contribution in [2.24, 2.45) is 5.10 Å². The van der Waals surface area contributed by atoms with E-state index in [1.54, 1.807) is 36.4 Å². The van der Waals surface area contributed by atoms with Crippen LogP contribution in [0.1, 0.15) is 21.5 Å². The second-order valence-electron chi connectivity index (χ2n) is 7.02. The van der Waals surface area contributed by atoms with Gasteiger partial charge in [-0.3, -0.25) is 9.10 Å². The highest BCUT2D eigenvalue weighted by molar-refractivity contribution is 9.10. The summed E-state index contributed by atoms with van der Waals surface area (Å²) in [6, 6.07) is 18.9. The molecule has 170 valence electrons. The topological polar surface area (TPSA) is 116 Å². The first-order valence-electron chi connectivity index (χ1n) is 9.67. The molecule has 0 aromatic heterocycles. The Kier molecular flexibility index (Phi) is 7.62. The van der Waals surface area contributed by atoms with Gasteiger partial charge < -0.3 is 5.11 Å². The molecule has 0 spiro atoms. The van der Waals surface area contributed by atoms with Crippen LogP contribution >= 0.6 is 15.9 Å². The van der Waals surface area contributed by atoms with E-state index in [1.807, 2.05) is 6.92 Å².